The maximum Gasteiger partial charge on any atom is 0.317 e. The van der Waals surface area contributed by atoms with E-state index in [0.29, 0.717) is 5.92 Å². The molecule has 0 N–H and O–H groups in total. The average Bonchev–Trinajstić information content (AvgIpc) is 3.04. The predicted molar refractivity (Wildman–Crippen MR) is 76.1 cm³/mol. The number of esters is 1. The van der Waals surface area contributed by atoms with Gasteiger partial charge in [0, 0.05) is 11.8 Å². The Bertz CT molecular complexity index is 564. The molecule has 0 radical (unpaired) electrons. The van der Waals surface area contributed by atoms with Gasteiger partial charge in [-0.1, -0.05) is 0 Å². The van der Waals surface area contributed by atoms with Crippen molar-refractivity contribution in [3.05, 3.63) is 12.3 Å². The Morgan fingerprint density at radius 2 is 2.10 bits per heavy atom. The minimum Gasteiger partial charge on any atom is -0.459 e. The van der Waals surface area contributed by atoms with Crippen LogP contribution in [0, 0.1) is 11.8 Å². The van der Waals surface area contributed by atoms with Gasteiger partial charge in [-0.25, -0.2) is 9.67 Å². The monoisotopic (exact) mass is 275 g/mol. The molecular weight excluding hydrogens is 254 g/mol. The summed E-state index contributed by atoms with van der Waals surface area (Å²) < 4.78 is 7.49. The van der Waals surface area contributed by atoms with Crippen LogP contribution in [0.2, 0.25) is 0 Å². The molecule has 0 saturated heterocycles. The molecule has 20 heavy (non-hydrogen) atoms. The Balaban J connectivity index is 1.94. The first-order valence-electron chi connectivity index (χ1n) is 7.18. The van der Waals surface area contributed by atoms with Gasteiger partial charge in [0.15, 0.2) is 5.82 Å². The summed E-state index contributed by atoms with van der Waals surface area (Å²) >= 11 is 0. The van der Waals surface area contributed by atoms with E-state index in [1.54, 1.807) is 6.20 Å². The fourth-order valence-electron chi connectivity index (χ4n) is 2.85. The highest BCUT2D eigenvalue weighted by atomic mass is 16.6. The third-order valence-corrected chi connectivity index (χ3v) is 3.78. The van der Waals surface area contributed by atoms with Gasteiger partial charge < -0.3 is 4.74 Å². The molecule has 5 heteroatoms. The Morgan fingerprint density at radius 3 is 2.70 bits per heavy atom. The molecule has 108 valence electrons. The molecule has 0 aromatic carbocycles. The molecule has 0 bridgehead atoms. The van der Waals surface area contributed by atoms with E-state index in [4.69, 9.17) is 4.74 Å². The normalized spacial score (nSPS) is 25.9. The maximum absolute atomic E-state index is 12.6. The van der Waals surface area contributed by atoms with E-state index in [1.807, 2.05) is 38.4 Å². The standard InChI is InChI=1S/C15H21N3O2/c1-9-12(14(19)20-15(2,3)4)13(10-5-6-10)18-11(17-9)7-8-16-18/h7-8,10,12-13H,5-6H2,1-4H3. The number of carbonyl (C=O) groups is 1. The first-order chi connectivity index (χ1) is 9.37. The van der Waals surface area contributed by atoms with Gasteiger partial charge in [-0.2, -0.15) is 5.10 Å². The zero-order valence-electron chi connectivity index (χ0n) is 12.5. The number of rotatable bonds is 2. The summed E-state index contributed by atoms with van der Waals surface area (Å²) in [5, 5.41) is 4.36. The second-order valence-electron chi connectivity index (χ2n) is 6.73. The van der Waals surface area contributed by atoms with Gasteiger partial charge in [0.05, 0.1) is 12.2 Å². The van der Waals surface area contributed by atoms with Gasteiger partial charge in [0.2, 0.25) is 0 Å². The van der Waals surface area contributed by atoms with Gasteiger partial charge >= 0.3 is 5.97 Å². The number of aromatic nitrogens is 2. The van der Waals surface area contributed by atoms with Crippen LogP contribution in [0.25, 0.3) is 0 Å². The lowest BCUT2D eigenvalue weighted by atomic mass is 9.90. The van der Waals surface area contributed by atoms with Crippen LogP contribution in [0.4, 0.5) is 5.82 Å². The molecule has 1 aliphatic carbocycles. The van der Waals surface area contributed by atoms with Crippen LogP contribution in [-0.4, -0.2) is 27.1 Å². The molecule has 3 rings (SSSR count). The number of nitrogens with zero attached hydrogens (tertiary/aromatic N) is 3. The number of fused-ring (bicyclic) bond motifs is 1. The number of hydrogen-bond acceptors (Lipinski definition) is 4. The SMILES string of the molecule is CC1=Nc2ccnn2C(C2CC2)C1C(=O)OC(C)(C)C. The third kappa shape index (κ3) is 2.37. The summed E-state index contributed by atoms with van der Waals surface area (Å²) in [5.74, 6) is 0.863. The van der Waals surface area contributed by atoms with Crippen molar-refractivity contribution in [1.82, 2.24) is 9.78 Å². The lowest BCUT2D eigenvalue weighted by molar-refractivity contribution is -0.159. The van der Waals surface area contributed by atoms with Gasteiger partial charge in [-0.3, -0.25) is 4.79 Å². The molecule has 1 saturated carbocycles. The first kappa shape index (κ1) is 13.3. The zero-order chi connectivity index (χ0) is 14.5. The van der Waals surface area contributed by atoms with Crippen molar-refractivity contribution in [2.45, 2.75) is 52.2 Å². The molecule has 0 spiro atoms. The Labute approximate surface area is 119 Å². The van der Waals surface area contributed by atoms with Crippen molar-refractivity contribution in [3.8, 4) is 0 Å². The van der Waals surface area contributed by atoms with Crippen molar-refractivity contribution in [2.75, 3.05) is 0 Å². The quantitative estimate of drug-likeness (QED) is 0.780. The largest absolute Gasteiger partial charge is 0.459 e. The second-order valence-corrected chi connectivity index (χ2v) is 6.73. The fourth-order valence-corrected chi connectivity index (χ4v) is 2.85. The van der Waals surface area contributed by atoms with Crippen molar-refractivity contribution in [3.63, 3.8) is 0 Å². The van der Waals surface area contributed by atoms with E-state index < -0.39 is 5.60 Å². The van der Waals surface area contributed by atoms with Crippen molar-refractivity contribution >= 4 is 17.5 Å². The van der Waals surface area contributed by atoms with E-state index in [0.717, 1.165) is 24.4 Å². The Kier molecular flexibility index (Phi) is 2.96. The second kappa shape index (κ2) is 4.43. The highest BCUT2D eigenvalue weighted by molar-refractivity contribution is 6.03. The van der Waals surface area contributed by atoms with Gasteiger partial charge in [-0.05, 0) is 46.5 Å². The van der Waals surface area contributed by atoms with E-state index in [-0.39, 0.29) is 17.9 Å². The van der Waals surface area contributed by atoms with E-state index in [9.17, 15) is 4.79 Å². The molecule has 0 amide bonds. The molecule has 1 aromatic rings. The lowest BCUT2D eigenvalue weighted by Crippen LogP contribution is -2.40. The third-order valence-electron chi connectivity index (χ3n) is 3.78. The van der Waals surface area contributed by atoms with Crippen LogP contribution in [0.1, 0.15) is 46.6 Å². The summed E-state index contributed by atoms with van der Waals surface area (Å²) in [6.45, 7) is 7.60. The van der Waals surface area contributed by atoms with Crippen molar-refractivity contribution in [2.24, 2.45) is 16.8 Å². The van der Waals surface area contributed by atoms with Crippen LogP contribution < -0.4 is 0 Å². The van der Waals surface area contributed by atoms with Gasteiger partial charge in [0.1, 0.15) is 11.5 Å². The molecule has 2 atom stereocenters. The number of aliphatic imine (C=N–C) groups is 1. The summed E-state index contributed by atoms with van der Waals surface area (Å²) in [5.41, 5.74) is 0.361. The molecule has 5 nitrogen and oxygen atoms in total. The van der Waals surface area contributed by atoms with Gasteiger partial charge in [-0.15, -0.1) is 0 Å². The van der Waals surface area contributed by atoms with Crippen LogP contribution in [0.15, 0.2) is 17.3 Å². The first-order valence-corrected chi connectivity index (χ1v) is 7.18. The summed E-state index contributed by atoms with van der Waals surface area (Å²) in [7, 11) is 0. The smallest absolute Gasteiger partial charge is 0.317 e. The molecular formula is C15H21N3O2. The molecule has 2 heterocycles. The topological polar surface area (TPSA) is 56.5 Å². The molecule has 1 fully saturated rings. The Morgan fingerprint density at radius 1 is 1.40 bits per heavy atom. The number of carbonyl (C=O) groups excluding carboxylic acids is 1. The number of ether oxygens (including phenoxy) is 1. The summed E-state index contributed by atoms with van der Waals surface area (Å²) in [6.07, 6.45) is 4.05. The van der Waals surface area contributed by atoms with Crippen molar-refractivity contribution < 1.29 is 9.53 Å². The van der Waals surface area contributed by atoms with E-state index in [1.165, 1.54) is 0 Å². The van der Waals surface area contributed by atoms with E-state index in [2.05, 4.69) is 10.1 Å². The van der Waals surface area contributed by atoms with Crippen LogP contribution in [-0.2, 0) is 9.53 Å². The van der Waals surface area contributed by atoms with E-state index >= 15 is 0 Å². The average molecular weight is 275 g/mol. The van der Waals surface area contributed by atoms with Crippen LogP contribution >= 0.6 is 0 Å². The molecule has 1 aromatic heterocycles. The minimum absolute atomic E-state index is 0.0624. The van der Waals surface area contributed by atoms with Crippen LogP contribution in [0.5, 0.6) is 0 Å². The van der Waals surface area contributed by atoms with Crippen LogP contribution in [0.3, 0.4) is 0 Å². The predicted octanol–water partition coefficient (Wildman–Crippen LogP) is 2.90. The molecule has 2 aliphatic rings. The lowest BCUT2D eigenvalue weighted by Gasteiger charge is -2.32. The molecule has 2 unspecified atom stereocenters. The minimum atomic E-state index is -0.476. The maximum atomic E-state index is 12.6. The highest BCUT2D eigenvalue weighted by Gasteiger charge is 2.46. The van der Waals surface area contributed by atoms with Crippen molar-refractivity contribution in [1.29, 1.82) is 0 Å². The van der Waals surface area contributed by atoms with Gasteiger partial charge in [0.25, 0.3) is 0 Å². The molecule has 1 aliphatic heterocycles. The number of hydrogen-bond donors (Lipinski definition) is 0. The zero-order valence-corrected chi connectivity index (χ0v) is 12.5. The Hall–Kier alpha value is -1.65. The fraction of sp³-hybridized carbons (Fsp3) is 0.667. The summed E-state index contributed by atoms with van der Waals surface area (Å²) in [6, 6.07) is 1.96. The summed E-state index contributed by atoms with van der Waals surface area (Å²) in [4.78, 5) is 17.1. The highest BCUT2D eigenvalue weighted by Crippen LogP contribution is 2.47.